The Morgan fingerprint density at radius 2 is 1.96 bits per heavy atom. The highest BCUT2D eigenvalue weighted by Gasteiger charge is 2.23. The van der Waals surface area contributed by atoms with E-state index in [0.717, 1.165) is 0 Å². The Kier molecular flexibility index (Phi) is 5.66. The van der Waals surface area contributed by atoms with Crippen molar-refractivity contribution in [3.63, 3.8) is 0 Å². The molecule has 0 saturated carbocycles. The lowest BCUT2D eigenvalue weighted by atomic mass is 10.1. The van der Waals surface area contributed by atoms with Crippen molar-refractivity contribution in [3.05, 3.63) is 63.8 Å². The summed E-state index contributed by atoms with van der Waals surface area (Å²) in [6, 6.07) is 9.90. The lowest BCUT2D eigenvalue weighted by Gasteiger charge is -2.28. The molecule has 0 radical (unpaired) electrons. The average Bonchev–Trinajstić information content (AvgIpc) is 2.67. The van der Waals surface area contributed by atoms with E-state index in [2.05, 4.69) is 4.99 Å². The zero-order chi connectivity index (χ0) is 19.4. The fraction of sp³-hybridized carbons (Fsp3) is 0.368. The summed E-state index contributed by atoms with van der Waals surface area (Å²) in [4.78, 5) is 30.5. The summed E-state index contributed by atoms with van der Waals surface area (Å²) in [5.41, 5.74) is 1.18. The van der Waals surface area contributed by atoms with Gasteiger partial charge in [0.2, 0.25) is 0 Å². The molecule has 27 heavy (non-hydrogen) atoms. The number of rotatable bonds is 4. The van der Waals surface area contributed by atoms with Crippen LogP contribution in [0.2, 0.25) is 0 Å². The molecule has 2 heterocycles. The number of carbonyl (C=O) groups is 1. The predicted molar refractivity (Wildman–Crippen MR) is 101 cm³/mol. The number of nitro groups is 1. The zero-order valence-electron chi connectivity index (χ0n) is 15.4. The Bertz CT molecular complexity index is 914. The van der Waals surface area contributed by atoms with Gasteiger partial charge in [-0.3, -0.25) is 24.5 Å². The summed E-state index contributed by atoms with van der Waals surface area (Å²) in [6.45, 7) is 6.06. The first kappa shape index (κ1) is 18.8. The number of aromatic nitrogens is 1. The minimum Gasteiger partial charge on any atom is -0.378 e. The van der Waals surface area contributed by atoms with Crippen LogP contribution in [0.5, 0.6) is 0 Å². The van der Waals surface area contributed by atoms with Crippen LogP contribution < -0.4 is 10.4 Å². The molecule has 1 aliphatic heterocycles. The third kappa shape index (κ3) is 4.22. The van der Waals surface area contributed by atoms with Gasteiger partial charge in [-0.1, -0.05) is 6.07 Å². The molecule has 1 aromatic carbocycles. The van der Waals surface area contributed by atoms with Crippen LogP contribution in [0.1, 0.15) is 24.2 Å². The van der Waals surface area contributed by atoms with Gasteiger partial charge in [0.05, 0.1) is 18.1 Å². The highest BCUT2D eigenvalue weighted by molar-refractivity contribution is 5.97. The van der Waals surface area contributed by atoms with Crippen molar-refractivity contribution >= 4 is 17.3 Å². The molecule has 1 fully saturated rings. The SMILES string of the molecule is CC(C)N=c1ccccn1C(=O)c1ccc(N2CCOCC2)c([N+](=O)[O-])c1. The highest BCUT2D eigenvalue weighted by Crippen LogP contribution is 2.30. The van der Waals surface area contributed by atoms with Crippen molar-refractivity contribution in [2.24, 2.45) is 4.99 Å². The summed E-state index contributed by atoms with van der Waals surface area (Å²) >= 11 is 0. The molecular weight excluding hydrogens is 348 g/mol. The quantitative estimate of drug-likeness (QED) is 0.608. The van der Waals surface area contributed by atoms with Gasteiger partial charge in [-0.2, -0.15) is 0 Å². The Balaban J connectivity index is 2.02. The highest BCUT2D eigenvalue weighted by atomic mass is 16.6. The molecule has 1 saturated heterocycles. The first-order chi connectivity index (χ1) is 13.0. The number of nitrogens with zero attached hydrogens (tertiary/aromatic N) is 4. The molecule has 3 rings (SSSR count). The number of carbonyl (C=O) groups excluding carboxylic acids is 1. The first-order valence-corrected chi connectivity index (χ1v) is 8.84. The van der Waals surface area contributed by atoms with Crippen LogP contribution in [0.3, 0.4) is 0 Å². The number of anilines is 1. The molecule has 0 spiro atoms. The van der Waals surface area contributed by atoms with Crippen molar-refractivity contribution < 1.29 is 14.5 Å². The van der Waals surface area contributed by atoms with Gasteiger partial charge in [0.1, 0.15) is 11.2 Å². The molecule has 0 amide bonds. The summed E-state index contributed by atoms with van der Waals surface area (Å²) in [7, 11) is 0. The predicted octanol–water partition coefficient (Wildman–Crippen LogP) is 2.23. The van der Waals surface area contributed by atoms with Crippen LogP contribution >= 0.6 is 0 Å². The minimum atomic E-state index is -0.448. The second-order valence-electron chi connectivity index (χ2n) is 6.52. The van der Waals surface area contributed by atoms with E-state index >= 15 is 0 Å². The summed E-state index contributed by atoms with van der Waals surface area (Å²) in [5, 5.41) is 11.6. The molecular formula is C19H22N4O4. The molecule has 1 aromatic heterocycles. The smallest absolute Gasteiger partial charge is 0.293 e. The third-order valence-electron chi connectivity index (χ3n) is 4.22. The van der Waals surface area contributed by atoms with Gasteiger partial charge in [0.25, 0.3) is 11.6 Å². The van der Waals surface area contributed by atoms with Crippen LogP contribution in [0.15, 0.2) is 47.6 Å². The van der Waals surface area contributed by atoms with Gasteiger partial charge in [-0.05, 0) is 38.1 Å². The maximum atomic E-state index is 13.0. The van der Waals surface area contributed by atoms with Crippen LogP contribution in [0, 0.1) is 10.1 Å². The molecule has 0 atom stereocenters. The van der Waals surface area contributed by atoms with Crippen molar-refractivity contribution in [2.75, 3.05) is 31.2 Å². The number of ether oxygens (including phenoxy) is 1. The van der Waals surface area contributed by atoms with Crippen molar-refractivity contribution in [1.29, 1.82) is 0 Å². The van der Waals surface area contributed by atoms with E-state index < -0.39 is 4.92 Å². The van der Waals surface area contributed by atoms with Crippen LogP contribution in [0.25, 0.3) is 0 Å². The molecule has 0 unspecified atom stereocenters. The van der Waals surface area contributed by atoms with E-state index in [1.54, 1.807) is 36.5 Å². The number of benzene rings is 1. The number of pyridine rings is 1. The molecule has 0 aliphatic carbocycles. The molecule has 142 valence electrons. The standard InChI is InChI=1S/C19H22N4O4/c1-14(2)20-18-5-3-4-8-22(18)19(24)15-6-7-16(17(13-15)23(25)26)21-9-11-27-12-10-21/h3-8,13-14H,9-12H2,1-2H3. The van der Waals surface area contributed by atoms with Gasteiger partial charge < -0.3 is 9.64 Å². The third-order valence-corrected chi connectivity index (χ3v) is 4.22. The number of hydrogen-bond donors (Lipinski definition) is 0. The van der Waals surface area contributed by atoms with Crippen molar-refractivity contribution in [2.45, 2.75) is 19.9 Å². The van der Waals surface area contributed by atoms with Gasteiger partial charge in [0, 0.05) is 37.0 Å². The van der Waals surface area contributed by atoms with E-state index in [-0.39, 0.29) is 23.2 Å². The van der Waals surface area contributed by atoms with E-state index in [4.69, 9.17) is 4.74 Å². The molecule has 8 nitrogen and oxygen atoms in total. The van der Waals surface area contributed by atoms with Crippen LogP contribution in [0.4, 0.5) is 11.4 Å². The zero-order valence-corrected chi connectivity index (χ0v) is 15.4. The fourth-order valence-electron chi connectivity index (χ4n) is 2.99. The lowest BCUT2D eigenvalue weighted by Crippen LogP contribution is -2.36. The summed E-state index contributed by atoms with van der Waals surface area (Å²) < 4.78 is 6.72. The Hall–Kier alpha value is -3.00. The summed E-state index contributed by atoms with van der Waals surface area (Å²) in [5.74, 6) is -0.355. The Morgan fingerprint density at radius 3 is 2.63 bits per heavy atom. The van der Waals surface area contributed by atoms with Gasteiger partial charge in [0.15, 0.2) is 0 Å². The monoisotopic (exact) mass is 370 g/mol. The van der Waals surface area contributed by atoms with Gasteiger partial charge in [-0.15, -0.1) is 0 Å². The topological polar surface area (TPSA) is 90.0 Å². The van der Waals surface area contributed by atoms with Crippen molar-refractivity contribution in [3.8, 4) is 0 Å². The van der Waals surface area contributed by atoms with E-state index in [9.17, 15) is 14.9 Å². The molecule has 8 heteroatoms. The van der Waals surface area contributed by atoms with Gasteiger partial charge >= 0.3 is 0 Å². The number of hydrogen-bond acceptors (Lipinski definition) is 6. The minimum absolute atomic E-state index is 0.0180. The molecule has 0 bridgehead atoms. The summed E-state index contributed by atoms with van der Waals surface area (Å²) in [6.07, 6.45) is 1.62. The Labute approximate surface area is 156 Å². The van der Waals surface area contributed by atoms with E-state index in [0.29, 0.717) is 37.5 Å². The second-order valence-corrected chi connectivity index (χ2v) is 6.52. The van der Waals surface area contributed by atoms with Crippen LogP contribution in [-0.2, 0) is 4.74 Å². The number of nitro benzene ring substituents is 1. The van der Waals surface area contributed by atoms with Crippen LogP contribution in [-0.4, -0.2) is 47.7 Å². The second kappa shape index (κ2) is 8.13. The van der Waals surface area contributed by atoms with Gasteiger partial charge in [-0.25, -0.2) is 0 Å². The normalized spacial score (nSPS) is 15.2. The lowest BCUT2D eigenvalue weighted by molar-refractivity contribution is -0.384. The maximum absolute atomic E-state index is 13.0. The van der Waals surface area contributed by atoms with Crippen molar-refractivity contribution in [1.82, 2.24) is 4.57 Å². The maximum Gasteiger partial charge on any atom is 0.293 e. The number of morpholine rings is 1. The Morgan fingerprint density at radius 1 is 1.22 bits per heavy atom. The first-order valence-electron chi connectivity index (χ1n) is 8.84. The fourth-order valence-corrected chi connectivity index (χ4v) is 2.99. The molecule has 1 aliphatic rings. The largest absolute Gasteiger partial charge is 0.378 e. The van der Waals surface area contributed by atoms with E-state index in [1.165, 1.54) is 10.6 Å². The molecule has 2 aromatic rings. The molecule has 0 N–H and O–H groups in total. The van der Waals surface area contributed by atoms with E-state index in [1.807, 2.05) is 18.7 Å². The average molecular weight is 370 g/mol.